The third-order valence-corrected chi connectivity index (χ3v) is 2.71. The smallest absolute Gasteiger partial charge is 0.267 e. The van der Waals surface area contributed by atoms with Crippen molar-refractivity contribution in [3.8, 4) is 0 Å². The van der Waals surface area contributed by atoms with Crippen LogP contribution >= 0.6 is 20.6 Å². The standard InChI is InChI=1S/C11H9ClN3OP/c12-10-5-4-8(7-13-10)6-9-2-1-3-11(16)15(9)14-17/h1-5,7,17H,6H2. The molecule has 2 heterocycles. The summed E-state index contributed by atoms with van der Waals surface area (Å²) in [7, 11) is 2.99. The Morgan fingerprint density at radius 1 is 1.35 bits per heavy atom. The van der Waals surface area contributed by atoms with Crippen LogP contribution in [-0.4, -0.2) is 9.66 Å². The molecule has 0 bridgehead atoms. The summed E-state index contributed by atoms with van der Waals surface area (Å²) in [5, 5.41) is 0.448. The highest BCUT2D eigenvalue weighted by Gasteiger charge is 2.03. The molecule has 17 heavy (non-hydrogen) atoms. The number of hydrogen-bond acceptors (Lipinski definition) is 3. The molecule has 0 radical (unpaired) electrons. The summed E-state index contributed by atoms with van der Waals surface area (Å²) in [4.78, 5) is 19.3. The Morgan fingerprint density at radius 3 is 2.82 bits per heavy atom. The van der Waals surface area contributed by atoms with E-state index in [2.05, 4.69) is 18.9 Å². The van der Waals surface area contributed by atoms with E-state index >= 15 is 0 Å². The minimum absolute atomic E-state index is 0.181. The van der Waals surface area contributed by atoms with E-state index in [-0.39, 0.29) is 5.56 Å². The van der Waals surface area contributed by atoms with Crippen molar-refractivity contribution in [1.29, 1.82) is 0 Å². The second-order valence-corrected chi connectivity index (χ2v) is 4.02. The van der Waals surface area contributed by atoms with Crippen LogP contribution < -0.4 is 5.56 Å². The molecule has 0 aliphatic heterocycles. The topological polar surface area (TPSA) is 47.2 Å². The first kappa shape index (κ1) is 12.0. The van der Waals surface area contributed by atoms with Gasteiger partial charge >= 0.3 is 0 Å². The van der Waals surface area contributed by atoms with Gasteiger partial charge in [-0.05, 0) is 17.7 Å². The molecule has 0 aromatic carbocycles. The van der Waals surface area contributed by atoms with Crippen LogP contribution in [0.3, 0.4) is 0 Å². The predicted octanol–water partition coefficient (Wildman–Crippen LogP) is 2.58. The van der Waals surface area contributed by atoms with Gasteiger partial charge in [0.25, 0.3) is 5.56 Å². The minimum atomic E-state index is -0.181. The lowest BCUT2D eigenvalue weighted by atomic mass is 10.1. The fourth-order valence-electron chi connectivity index (χ4n) is 1.49. The zero-order valence-electron chi connectivity index (χ0n) is 8.80. The maximum atomic E-state index is 11.5. The second-order valence-electron chi connectivity index (χ2n) is 3.43. The second kappa shape index (κ2) is 5.21. The molecule has 6 heteroatoms. The average Bonchev–Trinajstić information content (AvgIpc) is 2.32. The molecule has 4 nitrogen and oxygen atoms in total. The lowest BCUT2D eigenvalue weighted by Gasteiger charge is -2.06. The van der Waals surface area contributed by atoms with Crippen molar-refractivity contribution >= 4 is 20.6 Å². The lowest BCUT2D eigenvalue weighted by molar-refractivity contribution is 0.780. The highest BCUT2D eigenvalue weighted by molar-refractivity contribution is 7.03. The summed E-state index contributed by atoms with van der Waals surface area (Å²) in [5.41, 5.74) is 1.56. The first-order valence-corrected chi connectivity index (χ1v) is 5.72. The van der Waals surface area contributed by atoms with Gasteiger partial charge < -0.3 is 0 Å². The van der Waals surface area contributed by atoms with Crippen LogP contribution in [0.5, 0.6) is 0 Å². The van der Waals surface area contributed by atoms with Crippen LogP contribution in [0.2, 0.25) is 5.15 Å². The van der Waals surface area contributed by atoms with Crippen molar-refractivity contribution in [3.63, 3.8) is 0 Å². The van der Waals surface area contributed by atoms with Crippen molar-refractivity contribution in [2.45, 2.75) is 6.42 Å². The Hall–Kier alpha value is -1.51. The molecule has 0 aliphatic carbocycles. The number of nitrogens with zero attached hydrogens (tertiary/aromatic N) is 3. The third-order valence-electron chi connectivity index (χ3n) is 2.28. The van der Waals surface area contributed by atoms with Gasteiger partial charge in [0, 0.05) is 27.7 Å². The Morgan fingerprint density at radius 2 is 2.18 bits per heavy atom. The van der Waals surface area contributed by atoms with Gasteiger partial charge in [-0.2, -0.15) is 9.53 Å². The van der Waals surface area contributed by atoms with Gasteiger partial charge in [-0.1, -0.05) is 23.7 Å². The molecular weight excluding hydrogens is 257 g/mol. The van der Waals surface area contributed by atoms with Crippen LogP contribution in [-0.2, 0) is 6.42 Å². The first-order chi connectivity index (χ1) is 8.20. The molecule has 0 aliphatic rings. The van der Waals surface area contributed by atoms with E-state index in [4.69, 9.17) is 11.6 Å². The van der Waals surface area contributed by atoms with Gasteiger partial charge in [0.1, 0.15) is 5.15 Å². The fraction of sp³-hybridized carbons (Fsp3) is 0.0909. The summed E-state index contributed by atoms with van der Waals surface area (Å²) in [6.45, 7) is 0. The van der Waals surface area contributed by atoms with Crippen LogP contribution in [0.1, 0.15) is 11.3 Å². The highest BCUT2D eigenvalue weighted by atomic mass is 35.5. The molecule has 2 aromatic rings. The van der Waals surface area contributed by atoms with E-state index in [9.17, 15) is 4.79 Å². The van der Waals surface area contributed by atoms with Crippen LogP contribution in [0.15, 0.2) is 46.2 Å². The zero-order chi connectivity index (χ0) is 12.3. The molecule has 0 saturated heterocycles. The minimum Gasteiger partial charge on any atom is -0.267 e. The van der Waals surface area contributed by atoms with Gasteiger partial charge in [0.2, 0.25) is 0 Å². The summed E-state index contributed by atoms with van der Waals surface area (Å²) >= 11 is 5.71. The molecule has 86 valence electrons. The molecular formula is C11H9ClN3OP. The van der Waals surface area contributed by atoms with Gasteiger partial charge in [0.05, 0.1) is 5.69 Å². The summed E-state index contributed by atoms with van der Waals surface area (Å²) in [5.74, 6) is 0. The van der Waals surface area contributed by atoms with Crippen LogP contribution in [0.25, 0.3) is 0 Å². The third kappa shape index (κ3) is 2.78. The molecule has 2 rings (SSSR count). The molecule has 0 atom stereocenters. The summed E-state index contributed by atoms with van der Waals surface area (Å²) < 4.78 is 1.30. The SMILES string of the molecule is O=c1cccc(Cc2ccc(Cl)nc2)n1N=P. The van der Waals surface area contributed by atoms with E-state index < -0.39 is 0 Å². The van der Waals surface area contributed by atoms with Crippen molar-refractivity contribution in [1.82, 2.24) is 9.66 Å². The Bertz CT molecular complexity index is 594. The van der Waals surface area contributed by atoms with Crippen molar-refractivity contribution in [3.05, 3.63) is 63.3 Å². The van der Waals surface area contributed by atoms with Gasteiger partial charge in [0.15, 0.2) is 0 Å². The van der Waals surface area contributed by atoms with E-state index in [1.165, 1.54) is 10.7 Å². The van der Waals surface area contributed by atoms with Crippen molar-refractivity contribution in [2.75, 3.05) is 0 Å². The van der Waals surface area contributed by atoms with E-state index in [0.29, 0.717) is 11.6 Å². The number of pyridine rings is 2. The monoisotopic (exact) mass is 265 g/mol. The van der Waals surface area contributed by atoms with Gasteiger partial charge in [-0.15, -0.1) is 0 Å². The quantitative estimate of drug-likeness (QED) is 0.632. The predicted molar refractivity (Wildman–Crippen MR) is 68.9 cm³/mol. The Balaban J connectivity index is 2.36. The molecule has 0 unspecified atom stereocenters. The molecule has 0 N–H and O–H groups in total. The zero-order valence-corrected chi connectivity index (χ0v) is 10.6. The molecule has 2 aromatic heterocycles. The van der Waals surface area contributed by atoms with Gasteiger partial charge in [-0.3, -0.25) is 4.79 Å². The highest BCUT2D eigenvalue weighted by Crippen LogP contribution is 2.10. The maximum Gasteiger partial charge on any atom is 0.271 e. The normalized spacial score (nSPS) is 10.2. The number of hydrogen-bond donors (Lipinski definition) is 0. The maximum absolute atomic E-state index is 11.5. The Kier molecular flexibility index (Phi) is 3.67. The molecule has 0 fully saturated rings. The van der Waals surface area contributed by atoms with Crippen LogP contribution in [0.4, 0.5) is 0 Å². The molecule has 0 amide bonds. The van der Waals surface area contributed by atoms with Gasteiger partial charge in [-0.25, -0.2) is 4.98 Å². The summed E-state index contributed by atoms with van der Waals surface area (Å²) in [6, 6.07) is 8.57. The first-order valence-electron chi connectivity index (χ1n) is 4.90. The van der Waals surface area contributed by atoms with E-state index in [0.717, 1.165) is 11.3 Å². The largest absolute Gasteiger partial charge is 0.271 e. The average molecular weight is 266 g/mol. The summed E-state index contributed by atoms with van der Waals surface area (Å²) in [6.07, 6.45) is 2.24. The Labute approximate surface area is 105 Å². The van der Waals surface area contributed by atoms with Crippen molar-refractivity contribution < 1.29 is 0 Å². The number of aromatic nitrogens is 2. The van der Waals surface area contributed by atoms with Crippen LogP contribution in [0, 0.1) is 0 Å². The number of rotatable bonds is 3. The van der Waals surface area contributed by atoms with E-state index in [1.807, 2.05) is 12.1 Å². The molecule has 0 saturated carbocycles. The van der Waals surface area contributed by atoms with E-state index in [1.54, 1.807) is 18.3 Å². The molecule has 0 spiro atoms. The van der Waals surface area contributed by atoms with Crippen molar-refractivity contribution in [2.24, 2.45) is 4.85 Å². The fourth-order valence-corrected chi connectivity index (χ4v) is 1.83. The number of halogens is 1. The lowest BCUT2D eigenvalue weighted by Crippen LogP contribution is -2.17.